The van der Waals surface area contributed by atoms with Crippen LogP contribution in [0.2, 0.25) is 0 Å². The largest absolute Gasteiger partial charge is 0.396 e. The second kappa shape index (κ2) is 8.13. The van der Waals surface area contributed by atoms with Crippen molar-refractivity contribution in [3.8, 4) is 0 Å². The summed E-state index contributed by atoms with van der Waals surface area (Å²) in [7, 11) is 0. The first-order valence-electron chi connectivity index (χ1n) is 6.68. The fourth-order valence-corrected chi connectivity index (χ4v) is 1.83. The summed E-state index contributed by atoms with van der Waals surface area (Å²) in [6, 6.07) is 8.65. The van der Waals surface area contributed by atoms with Crippen LogP contribution in [-0.2, 0) is 0 Å². The number of aliphatic hydroxyl groups is 1. The molecule has 0 unspecified atom stereocenters. The predicted octanol–water partition coefficient (Wildman–Crippen LogP) is 3.77. The van der Waals surface area contributed by atoms with E-state index in [0.717, 1.165) is 19.4 Å². The van der Waals surface area contributed by atoms with E-state index < -0.39 is 0 Å². The SMILES string of the molecule is CC(C)c1cccc(NCCCCCCO)c1. The van der Waals surface area contributed by atoms with Crippen molar-refractivity contribution in [2.75, 3.05) is 18.5 Å². The van der Waals surface area contributed by atoms with Crippen molar-refractivity contribution in [2.24, 2.45) is 0 Å². The van der Waals surface area contributed by atoms with Gasteiger partial charge in [0.05, 0.1) is 0 Å². The van der Waals surface area contributed by atoms with Crippen molar-refractivity contribution in [1.29, 1.82) is 0 Å². The Labute approximate surface area is 105 Å². The Morgan fingerprint density at radius 2 is 1.88 bits per heavy atom. The van der Waals surface area contributed by atoms with Crippen molar-refractivity contribution < 1.29 is 5.11 Å². The fourth-order valence-electron chi connectivity index (χ4n) is 1.83. The molecule has 2 N–H and O–H groups in total. The Morgan fingerprint density at radius 3 is 2.59 bits per heavy atom. The topological polar surface area (TPSA) is 32.3 Å². The smallest absolute Gasteiger partial charge is 0.0431 e. The summed E-state index contributed by atoms with van der Waals surface area (Å²) < 4.78 is 0. The van der Waals surface area contributed by atoms with Crippen molar-refractivity contribution >= 4 is 5.69 Å². The van der Waals surface area contributed by atoms with E-state index >= 15 is 0 Å². The van der Waals surface area contributed by atoms with Crippen LogP contribution in [0.25, 0.3) is 0 Å². The third-order valence-electron chi connectivity index (χ3n) is 2.97. The van der Waals surface area contributed by atoms with Crippen molar-refractivity contribution in [2.45, 2.75) is 45.4 Å². The molecule has 0 aliphatic rings. The minimum Gasteiger partial charge on any atom is -0.396 e. The quantitative estimate of drug-likeness (QED) is 0.672. The molecule has 2 heteroatoms. The van der Waals surface area contributed by atoms with Crippen LogP contribution in [0.15, 0.2) is 24.3 Å². The summed E-state index contributed by atoms with van der Waals surface area (Å²) in [6.07, 6.45) is 4.43. The molecule has 0 amide bonds. The van der Waals surface area contributed by atoms with Gasteiger partial charge in [-0.25, -0.2) is 0 Å². The maximum absolute atomic E-state index is 8.67. The summed E-state index contributed by atoms with van der Waals surface area (Å²) in [4.78, 5) is 0. The standard InChI is InChI=1S/C15H25NO/c1-13(2)14-8-7-9-15(12-14)16-10-5-3-4-6-11-17/h7-9,12-13,16-17H,3-6,10-11H2,1-2H3. The lowest BCUT2D eigenvalue weighted by atomic mass is 10.0. The van der Waals surface area contributed by atoms with Gasteiger partial charge in [-0.15, -0.1) is 0 Å². The molecule has 0 saturated carbocycles. The van der Waals surface area contributed by atoms with Gasteiger partial charge in [0.15, 0.2) is 0 Å². The molecular weight excluding hydrogens is 210 g/mol. The Balaban J connectivity index is 2.24. The van der Waals surface area contributed by atoms with Gasteiger partial charge in [0.25, 0.3) is 0 Å². The van der Waals surface area contributed by atoms with E-state index in [1.54, 1.807) is 0 Å². The summed E-state index contributed by atoms with van der Waals surface area (Å²) in [5.74, 6) is 0.585. The molecule has 0 aliphatic carbocycles. The number of unbranched alkanes of at least 4 members (excludes halogenated alkanes) is 3. The lowest BCUT2D eigenvalue weighted by Crippen LogP contribution is -2.02. The molecule has 1 rings (SSSR count). The Hall–Kier alpha value is -1.02. The number of aliphatic hydroxyl groups excluding tert-OH is 1. The molecule has 0 heterocycles. The van der Waals surface area contributed by atoms with Gasteiger partial charge in [-0.3, -0.25) is 0 Å². The number of hydrogen-bond acceptors (Lipinski definition) is 2. The molecule has 1 aromatic carbocycles. The summed E-state index contributed by atoms with van der Waals surface area (Å²) >= 11 is 0. The summed E-state index contributed by atoms with van der Waals surface area (Å²) in [6.45, 7) is 5.78. The van der Waals surface area contributed by atoms with Crippen LogP contribution >= 0.6 is 0 Å². The van der Waals surface area contributed by atoms with E-state index in [0.29, 0.717) is 12.5 Å². The number of rotatable bonds is 8. The highest BCUT2D eigenvalue weighted by Gasteiger charge is 1.99. The van der Waals surface area contributed by atoms with Gasteiger partial charge in [-0.2, -0.15) is 0 Å². The van der Waals surface area contributed by atoms with E-state index in [-0.39, 0.29) is 0 Å². The van der Waals surface area contributed by atoms with Crippen LogP contribution in [0, 0.1) is 0 Å². The molecule has 2 nitrogen and oxygen atoms in total. The van der Waals surface area contributed by atoms with Gasteiger partial charge in [0, 0.05) is 18.8 Å². The molecule has 0 aromatic heterocycles. The van der Waals surface area contributed by atoms with Crippen molar-refractivity contribution in [3.63, 3.8) is 0 Å². The minimum atomic E-state index is 0.323. The van der Waals surface area contributed by atoms with E-state index in [1.807, 2.05) is 0 Å². The maximum Gasteiger partial charge on any atom is 0.0431 e. The predicted molar refractivity (Wildman–Crippen MR) is 74.6 cm³/mol. The molecule has 0 bridgehead atoms. The second-order valence-corrected chi connectivity index (χ2v) is 4.84. The van der Waals surface area contributed by atoms with E-state index in [9.17, 15) is 0 Å². The van der Waals surface area contributed by atoms with Crippen LogP contribution in [0.3, 0.4) is 0 Å². The van der Waals surface area contributed by atoms with Gasteiger partial charge >= 0.3 is 0 Å². The highest BCUT2D eigenvalue weighted by Crippen LogP contribution is 2.18. The van der Waals surface area contributed by atoms with Gasteiger partial charge in [-0.1, -0.05) is 38.8 Å². The fraction of sp³-hybridized carbons (Fsp3) is 0.600. The monoisotopic (exact) mass is 235 g/mol. The molecule has 0 aliphatic heterocycles. The zero-order valence-corrected chi connectivity index (χ0v) is 11.1. The average molecular weight is 235 g/mol. The molecule has 0 radical (unpaired) electrons. The Bertz CT molecular complexity index is 310. The molecule has 96 valence electrons. The first kappa shape index (κ1) is 14.0. The number of anilines is 1. The van der Waals surface area contributed by atoms with Crippen LogP contribution in [-0.4, -0.2) is 18.3 Å². The number of hydrogen-bond donors (Lipinski definition) is 2. The highest BCUT2D eigenvalue weighted by atomic mass is 16.2. The maximum atomic E-state index is 8.67. The van der Waals surface area contributed by atoms with Crippen LogP contribution in [0.5, 0.6) is 0 Å². The normalized spacial score (nSPS) is 10.8. The lowest BCUT2D eigenvalue weighted by molar-refractivity contribution is 0.283. The Morgan fingerprint density at radius 1 is 1.12 bits per heavy atom. The third kappa shape index (κ3) is 5.73. The molecule has 0 saturated heterocycles. The second-order valence-electron chi connectivity index (χ2n) is 4.84. The Kier molecular flexibility index (Phi) is 6.71. The molecule has 1 aromatic rings. The van der Waals surface area contributed by atoms with Crippen LogP contribution in [0.4, 0.5) is 5.69 Å². The first-order valence-corrected chi connectivity index (χ1v) is 6.68. The lowest BCUT2D eigenvalue weighted by Gasteiger charge is -2.10. The first-order chi connectivity index (χ1) is 8.24. The molecular formula is C15H25NO. The van der Waals surface area contributed by atoms with Gasteiger partial charge < -0.3 is 10.4 Å². The highest BCUT2D eigenvalue weighted by molar-refractivity contribution is 5.46. The average Bonchev–Trinajstić information content (AvgIpc) is 2.34. The van der Waals surface area contributed by atoms with Crippen LogP contribution in [0.1, 0.15) is 51.0 Å². The molecule has 0 spiro atoms. The summed E-state index contributed by atoms with van der Waals surface area (Å²) in [5.41, 5.74) is 2.61. The zero-order valence-electron chi connectivity index (χ0n) is 11.1. The zero-order chi connectivity index (χ0) is 12.5. The molecule has 0 fully saturated rings. The van der Waals surface area contributed by atoms with E-state index in [2.05, 4.69) is 43.4 Å². The van der Waals surface area contributed by atoms with Gasteiger partial charge in [-0.05, 0) is 36.5 Å². The number of nitrogens with one attached hydrogen (secondary N) is 1. The van der Waals surface area contributed by atoms with Crippen molar-refractivity contribution in [1.82, 2.24) is 0 Å². The number of benzene rings is 1. The molecule has 17 heavy (non-hydrogen) atoms. The van der Waals surface area contributed by atoms with E-state index in [1.165, 1.54) is 24.1 Å². The third-order valence-corrected chi connectivity index (χ3v) is 2.97. The van der Waals surface area contributed by atoms with E-state index in [4.69, 9.17) is 5.11 Å². The van der Waals surface area contributed by atoms with Gasteiger partial charge in [0.2, 0.25) is 0 Å². The molecule has 0 atom stereocenters. The minimum absolute atomic E-state index is 0.323. The summed E-state index contributed by atoms with van der Waals surface area (Å²) in [5, 5.41) is 12.1. The van der Waals surface area contributed by atoms with Gasteiger partial charge in [0.1, 0.15) is 0 Å². The van der Waals surface area contributed by atoms with Crippen molar-refractivity contribution in [3.05, 3.63) is 29.8 Å². The van der Waals surface area contributed by atoms with Crippen LogP contribution < -0.4 is 5.32 Å².